The van der Waals surface area contributed by atoms with Crippen LogP contribution in [0.5, 0.6) is 5.75 Å². The van der Waals surface area contributed by atoms with Gasteiger partial charge in [-0.3, -0.25) is 0 Å². The smallest absolute Gasteiger partial charge is 0.119 e. The maximum atomic E-state index is 5.83. The van der Waals surface area contributed by atoms with Gasteiger partial charge in [-0.15, -0.1) is 12.4 Å². The SMILES string of the molecule is CCCCNCCCOc1cccc(C=Cc2ccccc2)c1.Cl. The molecule has 2 nitrogen and oxygen atoms in total. The number of hydrogen-bond donors (Lipinski definition) is 1. The van der Waals surface area contributed by atoms with Crippen molar-refractivity contribution in [2.75, 3.05) is 19.7 Å². The summed E-state index contributed by atoms with van der Waals surface area (Å²) >= 11 is 0. The van der Waals surface area contributed by atoms with Crippen LogP contribution >= 0.6 is 12.4 Å². The Morgan fingerprint density at radius 3 is 2.38 bits per heavy atom. The van der Waals surface area contributed by atoms with E-state index < -0.39 is 0 Å². The lowest BCUT2D eigenvalue weighted by Gasteiger charge is -2.07. The Labute approximate surface area is 152 Å². The van der Waals surface area contributed by atoms with E-state index in [2.05, 4.69) is 48.7 Å². The van der Waals surface area contributed by atoms with Crippen molar-refractivity contribution in [3.05, 3.63) is 65.7 Å². The molecule has 2 aromatic carbocycles. The molecule has 0 saturated heterocycles. The largest absolute Gasteiger partial charge is 0.494 e. The molecule has 130 valence electrons. The predicted molar refractivity (Wildman–Crippen MR) is 107 cm³/mol. The molecule has 2 aromatic rings. The molecule has 3 heteroatoms. The van der Waals surface area contributed by atoms with E-state index >= 15 is 0 Å². The van der Waals surface area contributed by atoms with E-state index in [1.165, 1.54) is 18.4 Å². The van der Waals surface area contributed by atoms with Crippen molar-refractivity contribution in [1.29, 1.82) is 0 Å². The van der Waals surface area contributed by atoms with Crippen molar-refractivity contribution in [3.8, 4) is 5.75 Å². The number of ether oxygens (including phenoxy) is 1. The van der Waals surface area contributed by atoms with Gasteiger partial charge in [0.05, 0.1) is 6.61 Å². The van der Waals surface area contributed by atoms with Gasteiger partial charge in [0, 0.05) is 0 Å². The van der Waals surface area contributed by atoms with Gasteiger partial charge in [0.1, 0.15) is 5.75 Å². The van der Waals surface area contributed by atoms with Crippen LogP contribution in [0.2, 0.25) is 0 Å². The van der Waals surface area contributed by atoms with Crippen LogP contribution in [0.1, 0.15) is 37.3 Å². The second-order valence-corrected chi connectivity index (χ2v) is 5.62. The standard InChI is InChI=1S/C21H27NO.ClH/c1-2-3-15-22-16-8-17-23-21-12-7-11-20(18-21)14-13-19-9-5-4-6-10-19;/h4-7,9-14,18,22H,2-3,8,15-17H2,1H3;1H. The van der Waals surface area contributed by atoms with Crippen molar-refractivity contribution in [2.45, 2.75) is 26.2 Å². The first-order valence-corrected chi connectivity index (χ1v) is 8.55. The molecule has 0 spiro atoms. The minimum Gasteiger partial charge on any atom is -0.494 e. The van der Waals surface area contributed by atoms with Gasteiger partial charge in [0.25, 0.3) is 0 Å². The average Bonchev–Trinajstić information content (AvgIpc) is 2.60. The molecule has 0 amide bonds. The highest BCUT2D eigenvalue weighted by molar-refractivity contribution is 5.85. The Bertz CT molecular complexity index is 583. The zero-order valence-corrected chi connectivity index (χ0v) is 15.2. The second-order valence-electron chi connectivity index (χ2n) is 5.62. The Morgan fingerprint density at radius 1 is 0.875 bits per heavy atom. The van der Waals surface area contributed by atoms with Gasteiger partial charge in [-0.25, -0.2) is 0 Å². The fraction of sp³-hybridized carbons (Fsp3) is 0.333. The van der Waals surface area contributed by atoms with Crippen LogP contribution in [-0.2, 0) is 0 Å². The Kier molecular flexibility index (Phi) is 10.7. The third-order valence-corrected chi connectivity index (χ3v) is 3.60. The third-order valence-electron chi connectivity index (χ3n) is 3.60. The third kappa shape index (κ3) is 8.19. The molecule has 0 saturated carbocycles. The first-order valence-electron chi connectivity index (χ1n) is 8.55. The van der Waals surface area contributed by atoms with Crippen LogP contribution < -0.4 is 10.1 Å². The van der Waals surface area contributed by atoms with Crippen molar-refractivity contribution < 1.29 is 4.74 Å². The van der Waals surface area contributed by atoms with Crippen LogP contribution in [0, 0.1) is 0 Å². The van der Waals surface area contributed by atoms with Crippen LogP contribution in [-0.4, -0.2) is 19.7 Å². The van der Waals surface area contributed by atoms with E-state index in [-0.39, 0.29) is 12.4 Å². The van der Waals surface area contributed by atoms with Gasteiger partial charge in [-0.05, 0) is 49.2 Å². The monoisotopic (exact) mass is 345 g/mol. The van der Waals surface area contributed by atoms with Crippen molar-refractivity contribution in [1.82, 2.24) is 5.32 Å². The molecule has 0 aliphatic rings. The first-order chi connectivity index (χ1) is 11.4. The molecular weight excluding hydrogens is 318 g/mol. The quantitative estimate of drug-likeness (QED) is 0.457. The molecule has 24 heavy (non-hydrogen) atoms. The van der Waals surface area contributed by atoms with Crippen LogP contribution in [0.15, 0.2) is 54.6 Å². The summed E-state index contributed by atoms with van der Waals surface area (Å²) in [6, 6.07) is 18.6. The summed E-state index contributed by atoms with van der Waals surface area (Å²) < 4.78 is 5.83. The number of halogens is 1. The number of benzene rings is 2. The summed E-state index contributed by atoms with van der Waals surface area (Å²) in [4.78, 5) is 0. The Hall–Kier alpha value is -1.77. The van der Waals surface area contributed by atoms with Gasteiger partial charge in [0.2, 0.25) is 0 Å². The van der Waals surface area contributed by atoms with E-state index in [1.807, 2.05) is 30.3 Å². The van der Waals surface area contributed by atoms with Crippen LogP contribution in [0.3, 0.4) is 0 Å². The summed E-state index contributed by atoms with van der Waals surface area (Å²) in [6.45, 7) is 5.10. The summed E-state index contributed by atoms with van der Waals surface area (Å²) in [5, 5.41) is 3.43. The van der Waals surface area contributed by atoms with Gasteiger partial charge in [-0.2, -0.15) is 0 Å². The van der Waals surface area contributed by atoms with Gasteiger partial charge in [-0.1, -0.05) is 68.0 Å². The molecule has 0 fully saturated rings. The lowest BCUT2D eigenvalue weighted by Crippen LogP contribution is -2.18. The highest BCUT2D eigenvalue weighted by Crippen LogP contribution is 2.16. The van der Waals surface area contributed by atoms with E-state index in [0.717, 1.165) is 37.4 Å². The zero-order chi connectivity index (χ0) is 16.2. The Balaban J connectivity index is 0.00000288. The number of unbranched alkanes of at least 4 members (excludes halogenated alkanes) is 1. The summed E-state index contributed by atoms with van der Waals surface area (Å²) in [5.74, 6) is 0.939. The zero-order valence-electron chi connectivity index (χ0n) is 14.4. The van der Waals surface area contributed by atoms with E-state index in [1.54, 1.807) is 0 Å². The minimum atomic E-state index is 0. The normalized spacial score (nSPS) is 10.5. The topological polar surface area (TPSA) is 21.3 Å². The second kappa shape index (κ2) is 12.6. The van der Waals surface area contributed by atoms with E-state index in [0.29, 0.717) is 0 Å². The van der Waals surface area contributed by atoms with Crippen LogP contribution in [0.25, 0.3) is 12.2 Å². The minimum absolute atomic E-state index is 0. The molecule has 0 bridgehead atoms. The van der Waals surface area contributed by atoms with Crippen molar-refractivity contribution in [3.63, 3.8) is 0 Å². The maximum Gasteiger partial charge on any atom is 0.119 e. The van der Waals surface area contributed by atoms with Gasteiger partial charge < -0.3 is 10.1 Å². The number of rotatable bonds is 10. The Morgan fingerprint density at radius 2 is 1.58 bits per heavy atom. The number of nitrogens with one attached hydrogen (secondary N) is 1. The lowest BCUT2D eigenvalue weighted by atomic mass is 10.1. The molecule has 1 N–H and O–H groups in total. The highest BCUT2D eigenvalue weighted by atomic mass is 35.5. The van der Waals surface area contributed by atoms with E-state index in [9.17, 15) is 0 Å². The molecule has 0 radical (unpaired) electrons. The first kappa shape index (κ1) is 20.3. The fourth-order valence-corrected chi connectivity index (χ4v) is 2.28. The molecule has 0 aliphatic heterocycles. The fourth-order valence-electron chi connectivity index (χ4n) is 2.28. The molecule has 0 aromatic heterocycles. The molecule has 2 rings (SSSR count). The van der Waals surface area contributed by atoms with Gasteiger partial charge >= 0.3 is 0 Å². The molecule has 0 atom stereocenters. The van der Waals surface area contributed by atoms with Crippen LogP contribution in [0.4, 0.5) is 0 Å². The lowest BCUT2D eigenvalue weighted by molar-refractivity contribution is 0.308. The van der Waals surface area contributed by atoms with Crippen molar-refractivity contribution >= 4 is 24.6 Å². The summed E-state index contributed by atoms with van der Waals surface area (Å²) in [6.07, 6.45) is 7.77. The molecular formula is C21H28ClNO. The molecule has 0 aliphatic carbocycles. The molecule has 0 unspecified atom stereocenters. The summed E-state index contributed by atoms with van der Waals surface area (Å²) in [7, 11) is 0. The van der Waals surface area contributed by atoms with Gasteiger partial charge in [0.15, 0.2) is 0 Å². The predicted octanol–water partition coefficient (Wildman–Crippen LogP) is 5.44. The molecule has 0 heterocycles. The number of hydrogen-bond acceptors (Lipinski definition) is 2. The average molecular weight is 346 g/mol. The van der Waals surface area contributed by atoms with E-state index in [4.69, 9.17) is 4.74 Å². The summed E-state index contributed by atoms with van der Waals surface area (Å²) in [5.41, 5.74) is 2.37. The highest BCUT2D eigenvalue weighted by Gasteiger charge is 1.95. The van der Waals surface area contributed by atoms with Crippen molar-refractivity contribution in [2.24, 2.45) is 0 Å². The maximum absolute atomic E-state index is 5.83.